The van der Waals surface area contributed by atoms with Crippen LogP contribution in [0, 0.1) is 0 Å². The molecule has 1 aliphatic heterocycles. The summed E-state index contributed by atoms with van der Waals surface area (Å²) in [5.74, 6) is 0.608. The number of hydrogen-bond donors (Lipinski definition) is 1. The van der Waals surface area contributed by atoms with Gasteiger partial charge in [0.15, 0.2) is 6.10 Å². The molecule has 4 nitrogen and oxygen atoms in total. The molecule has 1 aromatic rings. The second kappa shape index (κ2) is 4.49. The minimum atomic E-state index is -0.427. The molecule has 2 rings (SSSR count). The van der Waals surface area contributed by atoms with Crippen LogP contribution in [0.15, 0.2) is 30.9 Å². The molecule has 0 spiro atoms. The highest BCUT2D eigenvalue weighted by Gasteiger charge is 2.33. The number of fused-ring (bicyclic) bond motifs is 1. The van der Waals surface area contributed by atoms with E-state index in [1.807, 2.05) is 19.1 Å². The first-order valence-electron chi connectivity index (χ1n) is 5.66. The summed E-state index contributed by atoms with van der Waals surface area (Å²) in [6.45, 7) is 6.03. The van der Waals surface area contributed by atoms with Gasteiger partial charge in [-0.3, -0.25) is 4.79 Å². The normalized spacial score (nSPS) is 18.5. The van der Waals surface area contributed by atoms with E-state index in [-0.39, 0.29) is 5.91 Å². The van der Waals surface area contributed by atoms with Crippen molar-refractivity contribution < 1.29 is 9.53 Å². The molecule has 0 fully saturated rings. The van der Waals surface area contributed by atoms with Gasteiger partial charge in [-0.25, -0.2) is 0 Å². The standard InChI is InChI=1S/C13H16N2O2/c1-3-8-15-12-9(14)6-5-7-11(12)17-10(4-2)13(15)16/h3,5-7,10H,1,4,8,14H2,2H3. The Balaban J connectivity index is 2.50. The van der Waals surface area contributed by atoms with Gasteiger partial charge in [0, 0.05) is 6.54 Å². The van der Waals surface area contributed by atoms with E-state index in [1.54, 1.807) is 17.0 Å². The molecule has 1 aromatic carbocycles. The van der Waals surface area contributed by atoms with Crippen LogP contribution in [-0.2, 0) is 4.79 Å². The van der Waals surface area contributed by atoms with Crippen molar-refractivity contribution in [3.05, 3.63) is 30.9 Å². The van der Waals surface area contributed by atoms with Gasteiger partial charge in [-0.2, -0.15) is 0 Å². The maximum Gasteiger partial charge on any atom is 0.268 e. The molecule has 0 saturated heterocycles. The monoisotopic (exact) mass is 232 g/mol. The lowest BCUT2D eigenvalue weighted by Crippen LogP contribution is -2.46. The number of hydrogen-bond acceptors (Lipinski definition) is 3. The van der Waals surface area contributed by atoms with Gasteiger partial charge in [-0.15, -0.1) is 6.58 Å². The van der Waals surface area contributed by atoms with Crippen LogP contribution in [-0.4, -0.2) is 18.6 Å². The van der Waals surface area contributed by atoms with Crippen LogP contribution in [0.2, 0.25) is 0 Å². The van der Waals surface area contributed by atoms with Crippen molar-refractivity contribution in [3.63, 3.8) is 0 Å². The minimum Gasteiger partial charge on any atom is -0.478 e. The van der Waals surface area contributed by atoms with Crippen molar-refractivity contribution in [2.75, 3.05) is 17.2 Å². The minimum absolute atomic E-state index is 0.0576. The Morgan fingerprint density at radius 1 is 1.59 bits per heavy atom. The van der Waals surface area contributed by atoms with E-state index < -0.39 is 6.10 Å². The number of nitrogen functional groups attached to an aromatic ring is 1. The van der Waals surface area contributed by atoms with Crippen molar-refractivity contribution in [1.29, 1.82) is 0 Å². The van der Waals surface area contributed by atoms with Crippen LogP contribution >= 0.6 is 0 Å². The van der Waals surface area contributed by atoms with Gasteiger partial charge in [0.2, 0.25) is 0 Å². The van der Waals surface area contributed by atoms with Crippen molar-refractivity contribution in [2.45, 2.75) is 19.4 Å². The Bertz CT molecular complexity index is 457. The van der Waals surface area contributed by atoms with Crippen LogP contribution in [0.25, 0.3) is 0 Å². The second-order valence-corrected chi connectivity index (χ2v) is 3.95. The predicted octanol–water partition coefficient (Wildman–Crippen LogP) is 1.96. The third kappa shape index (κ3) is 1.86. The van der Waals surface area contributed by atoms with Crippen molar-refractivity contribution in [3.8, 4) is 5.75 Å². The summed E-state index contributed by atoms with van der Waals surface area (Å²) >= 11 is 0. The predicted molar refractivity (Wildman–Crippen MR) is 68.1 cm³/mol. The first-order chi connectivity index (χ1) is 8.19. The quantitative estimate of drug-likeness (QED) is 0.640. The number of nitrogens with zero attached hydrogens (tertiary/aromatic N) is 1. The summed E-state index contributed by atoms with van der Waals surface area (Å²) in [6.07, 6.45) is 1.90. The molecule has 1 heterocycles. The summed E-state index contributed by atoms with van der Waals surface area (Å²) in [5.41, 5.74) is 7.11. The molecule has 17 heavy (non-hydrogen) atoms. The zero-order chi connectivity index (χ0) is 12.4. The number of carbonyl (C=O) groups excluding carboxylic acids is 1. The Morgan fingerprint density at radius 2 is 2.35 bits per heavy atom. The largest absolute Gasteiger partial charge is 0.478 e. The van der Waals surface area contributed by atoms with Gasteiger partial charge in [0.25, 0.3) is 5.91 Å². The highest BCUT2D eigenvalue weighted by Crippen LogP contribution is 2.39. The molecule has 1 amide bonds. The van der Waals surface area contributed by atoms with E-state index in [1.165, 1.54) is 0 Å². The van der Waals surface area contributed by atoms with Crippen molar-refractivity contribution in [2.24, 2.45) is 0 Å². The molecule has 4 heteroatoms. The van der Waals surface area contributed by atoms with Gasteiger partial charge >= 0.3 is 0 Å². The lowest BCUT2D eigenvalue weighted by atomic mass is 10.1. The molecule has 1 unspecified atom stereocenters. The Morgan fingerprint density at radius 3 is 3.00 bits per heavy atom. The van der Waals surface area contributed by atoms with E-state index in [0.717, 1.165) is 0 Å². The van der Waals surface area contributed by atoms with Gasteiger partial charge in [0.05, 0.1) is 5.69 Å². The van der Waals surface area contributed by atoms with Crippen LogP contribution < -0.4 is 15.4 Å². The topological polar surface area (TPSA) is 55.6 Å². The average Bonchev–Trinajstić information content (AvgIpc) is 2.32. The van der Waals surface area contributed by atoms with E-state index in [0.29, 0.717) is 30.1 Å². The van der Waals surface area contributed by atoms with Gasteiger partial charge in [-0.05, 0) is 18.6 Å². The summed E-state index contributed by atoms with van der Waals surface area (Å²) in [6, 6.07) is 5.41. The maximum atomic E-state index is 12.2. The number of para-hydroxylation sites is 1. The van der Waals surface area contributed by atoms with E-state index >= 15 is 0 Å². The maximum absolute atomic E-state index is 12.2. The summed E-state index contributed by atoms with van der Waals surface area (Å²) < 4.78 is 5.65. The first-order valence-corrected chi connectivity index (χ1v) is 5.66. The highest BCUT2D eigenvalue weighted by molar-refractivity contribution is 6.03. The average molecular weight is 232 g/mol. The number of carbonyl (C=O) groups is 1. The fraction of sp³-hybridized carbons (Fsp3) is 0.308. The molecular weight excluding hydrogens is 216 g/mol. The van der Waals surface area contributed by atoms with Gasteiger partial charge in [0.1, 0.15) is 11.4 Å². The molecule has 1 aliphatic rings. The number of nitrogens with two attached hydrogens (primary N) is 1. The summed E-state index contributed by atoms with van der Waals surface area (Å²) in [7, 11) is 0. The van der Waals surface area contributed by atoms with E-state index in [2.05, 4.69) is 6.58 Å². The second-order valence-electron chi connectivity index (χ2n) is 3.95. The number of amides is 1. The molecule has 2 N–H and O–H groups in total. The van der Waals surface area contributed by atoms with Gasteiger partial charge < -0.3 is 15.4 Å². The molecule has 0 aliphatic carbocycles. The Hall–Kier alpha value is -1.97. The van der Waals surface area contributed by atoms with Crippen LogP contribution in [0.1, 0.15) is 13.3 Å². The van der Waals surface area contributed by atoms with E-state index in [9.17, 15) is 4.79 Å². The number of rotatable bonds is 3. The zero-order valence-corrected chi connectivity index (χ0v) is 9.85. The third-order valence-corrected chi connectivity index (χ3v) is 2.79. The number of anilines is 2. The highest BCUT2D eigenvalue weighted by atomic mass is 16.5. The van der Waals surface area contributed by atoms with E-state index in [4.69, 9.17) is 10.5 Å². The van der Waals surface area contributed by atoms with Crippen LogP contribution in [0.5, 0.6) is 5.75 Å². The molecule has 0 bridgehead atoms. The first kappa shape index (κ1) is 11.5. The molecule has 0 radical (unpaired) electrons. The Kier molecular flexibility index (Phi) is 3.04. The molecular formula is C13H16N2O2. The zero-order valence-electron chi connectivity index (χ0n) is 9.85. The van der Waals surface area contributed by atoms with Crippen molar-refractivity contribution >= 4 is 17.3 Å². The Labute approximate surface area is 101 Å². The lowest BCUT2D eigenvalue weighted by Gasteiger charge is -2.34. The van der Waals surface area contributed by atoms with Crippen LogP contribution in [0.4, 0.5) is 11.4 Å². The van der Waals surface area contributed by atoms with Crippen LogP contribution in [0.3, 0.4) is 0 Å². The molecule has 90 valence electrons. The molecule has 1 atom stereocenters. The smallest absolute Gasteiger partial charge is 0.268 e. The number of ether oxygens (including phenoxy) is 1. The fourth-order valence-corrected chi connectivity index (χ4v) is 1.98. The fourth-order valence-electron chi connectivity index (χ4n) is 1.98. The van der Waals surface area contributed by atoms with Crippen molar-refractivity contribution in [1.82, 2.24) is 0 Å². The summed E-state index contributed by atoms with van der Waals surface area (Å²) in [5, 5.41) is 0. The number of benzene rings is 1. The van der Waals surface area contributed by atoms with Gasteiger partial charge in [-0.1, -0.05) is 19.1 Å². The summed E-state index contributed by atoms with van der Waals surface area (Å²) in [4.78, 5) is 13.8. The molecule has 0 aromatic heterocycles. The third-order valence-electron chi connectivity index (χ3n) is 2.79. The SMILES string of the molecule is C=CCN1C(=O)C(CC)Oc2cccc(N)c21. The molecule has 0 saturated carbocycles. The lowest BCUT2D eigenvalue weighted by molar-refractivity contribution is -0.126.